The molecule has 0 aromatic heterocycles. The Morgan fingerprint density at radius 2 is 1.53 bits per heavy atom. The van der Waals surface area contributed by atoms with Crippen LogP contribution in [0.3, 0.4) is 0 Å². The molecule has 0 radical (unpaired) electrons. The maximum absolute atomic E-state index is 11.1. The van der Waals surface area contributed by atoms with E-state index in [1.807, 2.05) is 27.7 Å². The molecule has 1 aliphatic carbocycles. The third-order valence-corrected chi connectivity index (χ3v) is 3.92. The zero-order chi connectivity index (χ0) is 11.5. The van der Waals surface area contributed by atoms with Gasteiger partial charge >= 0.3 is 13.1 Å². The van der Waals surface area contributed by atoms with Crippen molar-refractivity contribution in [1.29, 1.82) is 0 Å². The third kappa shape index (κ3) is 1.40. The van der Waals surface area contributed by atoms with Crippen molar-refractivity contribution in [3.8, 4) is 0 Å². The van der Waals surface area contributed by atoms with Gasteiger partial charge in [-0.3, -0.25) is 4.79 Å². The molecular formula is C10H17BO4. The van der Waals surface area contributed by atoms with E-state index in [1.54, 1.807) is 0 Å². The first-order valence-electron chi connectivity index (χ1n) is 5.30. The maximum atomic E-state index is 11.1. The van der Waals surface area contributed by atoms with Gasteiger partial charge in [-0.05, 0) is 40.5 Å². The molecule has 2 rings (SSSR count). The van der Waals surface area contributed by atoms with Gasteiger partial charge in [0.25, 0.3) is 0 Å². The van der Waals surface area contributed by atoms with Crippen molar-refractivity contribution in [2.75, 3.05) is 0 Å². The minimum absolute atomic E-state index is 0.442. The van der Waals surface area contributed by atoms with Gasteiger partial charge < -0.3 is 14.4 Å². The average Bonchev–Trinajstić information content (AvgIpc) is 2.76. The van der Waals surface area contributed by atoms with Gasteiger partial charge in [0.15, 0.2) is 0 Å². The zero-order valence-electron chi connectivity index (χ0n) is 9.66. The molecule has 0 spiro atoms. The quantitative estimate of drug-likeness (QED) is 0.707. The first-order valence-corrected chi connectivity index (χ1v) is 5.30. The van der Waals surface area contributed by atoms with Crippen molar-refractivity contribution < 1.29 is 19.2 Å². The summed E-state index contributed by atoms with van der Waals surface area (Å²) in [5, 5.41) is 8.36. The molecule has 0 aromatic carbocycles. The molecule has 2 fully saturated rings. The lowest BCUT2D eigenvalue weighted by Crippen LogP contribution is -2.41. The molecule has 0 aromatic rings. The van der Waals surface area contributed by atoms with Crippen molar-refractivity contribution >= 4 is 13.1 Å². The Morgan fingerprint density at radius 3 is 1.80 bits per heavy atom. The van der Waals surface area contributed by atoms with Crippen molar-refractivity contribution in [1.82, 2.24) is 0 Å². The molecule has 0 unspecified atom stereocenters. The predicted octanol–water partition coefficient (Wildman–Crippen LogP) is 1.70. The van der Waals surface area contributed by atoms with Crippen LogP contribution < -0.4 is 0 Å². The van der Waals surface area contributed by atoms with Gasteiger partial charge in [0.2, 0.25) is 0 Å². The Kier molecular flexibility index (Phi) is 2.02. The van der Waals surface area contributed by atoms with E-state index in [-0.39, 0.29) is 0 Å². The molecule has 1 aliphatic heterocycles. The van der Waals surface area contributed by atoms with Crippen molar-refractivity contribution in [3.05, 3.63) is 0 Å². The summed E-state index contributed by atoms with van der Waals surface area (Å²) < 4.78 is 11.5. The van der Waals surface area contributed by atoms with Crippen molar-refractivity contribution in [3.63, 3.8) is 0 Å². The van der Waals surface area contributed by atoms with Gasteiger partial charge in [-0.25, -0.2) is 0 Å². The fraction of sp³-hybridized carbons (Fsp3) is 0.900. The summed E-state index contributed by atoms with van der Waals surface area (Å²) in [6, 6.07) is 0. The van der Waals surface area contributed by atoms with Crippen LogP contribution in [-0.4, -0.2) is 29.4 Å². The lowest BCUT2D eigenvalue weighted by molar-refractivity contribution is -0.138. The van der Waals surface area contributed by atoms with Crippen LogP contribution >= 0.6 is 0 Å². The molecule has 0 bridgehead atoms. The van der Waals surface area contributed by atoms with Gasteiger partial charge in [-0.2, -0.15) is 0 Å². The van der Waals surface area contributed by atoms with Gasteiger partial charge in [-0.1, -0.05) is 0 Å². The van der Waals surface area contributed by atoms with Crippen molar-refractivity contribution in [2.45, 2.75) is 57.1 Å². The maximum Gasteiger partial charge on any atom is 0.476 e. The highest BCUT2D eigenvalue weighted by Gasteiger charge is 2.68. The van der Waals surface area contributed by atoms with E-state index in [4.69, 9.17) is 14.4 Å². The summed E-state index contributed by atoms with van der Waals surface area (Å²) in [7, 11) is -0.597. The second kappa shape index (κ2) is 2.77. The molecule has 1 saturated heterocycles. The van der Waals surface area contributed by atoms with Crippen LogP contribution in [0.1, 0.15) is 40.5 Å². The number of hydrogen-bond donors (Lipinski definition) is 1. The Morgan fingerprint density at radius 1 is 1.13 bits per heavy atom. The Hall–Kier alpha value is -0.545. The molecule has 15 heavy (non-hydrogen) atoms. The number of aliphatic carboxylic acids is 1. The first-order chi connectivity index (χ1) is 6.71. The van der Waals surface area contributed by atoms with Crippen molar-refractivity contribution in [2.24, 2.45) is 0 Å². The number of carbonyl (C=O) groups is 1. The van der Waals surface area contributed by atoms with Crippen LogP contribution in [0.2, 0.25) is 5.31 Å². The van der Waals surface area contributed by atoms with Gasteiger partial charge in [0.1, 0.15) is 5.31 Å². The molecule has 84 valence electrons. The monoisotopic (exact) mass is 212 g/mol. The Labute approximate surface area is 90.1 Å². The standard InChI is InChI=1S/C10H17BO4/c1-8(2)9(3,4)15-11(14-8)10(5-6-10)7(12)13/h5-6H2,1-4H3,(H,12,13). The van der Waals surface area contributed by atoms with Gasteiger partial charge in [-0.15, -0.1) is 0 Å². The summed E-state index contributed by atoms with van der Waals surface area (Å²) in [6.45, 7) is 7.74. The van der Waals surface area contributed by atoms with Crippen LogP contribution in [0, 0.1) is 0 Å². The summed E-state index contributed by atoms with van der Waals surface area (Å²) in [4.78, 5) is 11.1. The molecule has 0 atom stereocenters. The topological polar surface area (TPSA) is 55.8 Å². The van der Waals surface area contributed by atoms with Crippen LogP contribution in [0.25, 0.3) is 0 Å². The first kappa shape index (κ1) is 11.0. The SMILES string of the molecule is CC1(C)OB(C2(C(=O)O)CC2)OC1(C)C. The molecule has 0 amide bonds. The predicted molar refractivity (Wildman–Crippen MR) is 55.6 cm³/mol. The van der Waals surface area contributed by atoms with Crippen LogP contribution in [0.5, 0.6) is 0 Å². The second-order valence-electron chi connectivity index (χ2n) is 5.55. The summed E-state index contributed by atoms with van der Waals surface area (Å²) in [6.07, 6.45) is 1.30. The summed E-state index contributed by atoms with van der Waals surface area (Å²) >= 11 is 0. The largest absolute Gasteiger partial charge is 0.481 e. The number of carboxylic acid groups (broad SMARTS) is 1. The smallest absolute Gasteiger partial charge is 0.476 e. The average molecular weight is 212 g/mol. The number of rotatable bonds is 2. The van der Waals surface area contributed by atoms with Gasteiger partial charge in [0.05, 0.1) is 11.2 Å². The van der Waals surface area contributed by atoms with Gasteiger partial charge in [0, 0.05) is 0 Å². The normalized spacial score (nSPS) is 30.3. The molecule has 1 N–H and O–H groups in total. The molecular weight excluding hydrogens is 195 g/mol. The van der Waals surface area contributed by atoms with Crippen LogP contribution in [0.4, 0.5) is 0 Å². The Bertz CT molecular complexity index is 291. The van der Waals surface area contributed by atoms with E-state index in [0.717, 1.165) is 0 Å². The third-order valence-electron chi connectivity index (χ3n) is 3.92. The molecule has 4 nitrogen and oxygen atoms in total. The van der Waals surface area contributed by atoms with E-state index in [0.29, 0.717) is 12.8 Å². The number of carboxylic acids is 1. The highest BCUT2D eigenvalue weighted by Crippen LogP contribution is 2.60. The number of hydrogen-bond acceptors (Lipinski definition) is 3. The highest BCUT2D eigenvalue weighted by molar-refractivity contribution is 6.56. The van der Waals surface area contributed by atoms with Crippen LogP contribution in [0.15, 0.2) is 0 Å². The summed E-state index contributed by atoms with van der Waals surface area (Å²) in [5.74, 6) is -0.805. The second-order valence-corrected chi connectivity index (χ2v) is 5.55. The molecule has 1 heterocycles. The van der Waals surface area contributed by atoms with E-state index in [1.165, 1.54) is 0 Å². The van der Waals surface area contributed by atoms with E-state index < -0.39 is 29.6 Å². The molecule has 2 aliphatic rings. The summed E-state index contributed by atoms with van der Waals surface area (Å²) in [5.41, 5.74) is -0.884. The van der Waals surface area contributed by atoms with Crippen LogP contribution in [-0.2, 0) is 14.1 Å². The minimum atomic E-state index is -0.805. The fourth-order valence-electron chi connectivity index (χ4n) is 1.75. The Balaban J connectivity index is 2.20. The van der Waals surface area contributed by atoms with E-state index in [9.17, 15) is 4.79 Å². The highest BCUT2D eigenvalue weighted by atomic mass is 16.7. The van der Waals surface area contributed by atoms with E-state index in [2.05, 4.69) is 0 Å². The minimum Gasteiger partial charge on any atom is -0.481 e. The lowest BCUT2D eigenvalue weighted by atomic mass is 9.68. The molecule has 5 heteroatoms. The lowest BCUT2D eigenvalue weighted by Gasteiger charge is -2.32. The molecule has 1 saturated carbocycles. The van der Waals surface area contributed by atoms with E-state index >= 15 is 0 Å². The zero-order valence-corrected chi connectivity index (χ0v) is 9.66. The fourth-order valence-corrected chi connectivity index (χ4v) is 1.75.